The minimum atomic E-state index is -0.467. The number of rotatable bonds is 8. The van der Waals surface area contributed by atoms with E-state index in [0.29, 0.717) is 13.1 Å². The molecule has 0 aromatic heterocycles. The minimum Gasteiger partial charge on any atom is -0.496 e. The van der Waals surface area contributed by atoms with Gasteiger partial charge in [0, 0.05) is 24.3 Å². The summed E-state index contributed by atoms with van der Waals surface area (Å²) in [4.78, 5) is 11.6. The summed E-state index contributed by atoms with van der Waals surface area (Å²) in [7, 11) is 1.69. The molecule has 27 heavy (non-hydrogen) atoms. The van der Waals surface area contributed by atoms with Crippen LogP contribution in [0.3, 0.4) is 0 Å². The second kappa shape index (κ2) is 9.86. The Balaban J connectivity index is 1.79. The zero-order valence-corrected chi connectivity index (χ0v) is 16.7. The van der Waals surface area contributed by atoms with Crippen molar-refractivity contribution in [3.05, 3.63) is 59.7 Å². The Morgan fingerprint density at radius 3 is 2.59 bits per heavy atom. The van der Waals surface area contributed by atoms with Crippen molar-refractivity contribution in [1.82, 2.24) is 5.32 Å². The molecule has 146 valence electrons. The summed E-state index contributed by atoms with van der Waals surface area (Å²) in [5, 5.41) is 6.23. The average molecular weight is 370 g/mol. The van der Waals surface area contributed by atoms with Gasteiger partial charge in [0.25, 0.3) is 0 Å². The quantitative estimate of drug-likeness (QED) is 0.658. The Bertz CT molecular complexity index is 738. The van der Waals surface area contributed by atoms with Crippen LogP contribution in [0.15, 0.2) is 48.5 Å². The van der Waals surface area contributed by atoms with Gasteiger partial charge in [-0.2, -0.15) is 0 Å². The summed E-state index contributed by atoms with van der Waals surface area (Å²) in [5.41, 5.74) is 2.95. The molecule has 0 bridgehead atoms. The summed E-state index contributed by atoms with van der Waals surface area (Å²) in [6, 6.07) is 16.3. The number of benzene rings is 2. The third kappa shape index (κ3) is 7.60. The summed E-state index contributed by atoms with van der Waals surface area (Å²) in [6.45, 7) is 6.86. The first kappa shape index (κ1) is 20.6. The predicted octanol–water partition coefficient (Wildman–Crippen LogP) is 4.76. The van der Waals surface area contributed by atoms with Crippen molar-refractivity contribution in [3.8, 4) is 5.75 Å². The number of anilines is 1. The zero-order chi connectivity index (χ0) is 19.7. The lowest BCUT2D eigenvalue weighted by Gasteiger charge is -2.19. The van der Waals surface area contributed by atoms with Gasteiger partial charge < -0.3 is 20.1 Å². The predicted molar refractivity (Wildman–Crippen MR) is 109 cm³/mol. The lowest BCUT2D eigenvalue weighted by Crippen LogP contribution is -2.33. The molecule has 0 aliphatic rings. The highest BCUT2D eigenvalue weighted by Gasteiger charge is 2.15. The number of methoxy groups -OCH3 is 1. The fourth-order valence-corrected chi connectivity index (χ4v) is 2.68. The molecule has 5 nitrogen and oxygen atoms in total. The standard InChI is InChI=1S/C22H30N2O3/c1-22(2,3)27-21(25)23-14-8-10-17-9-7-12-19(15-17)24-16-18-11-5-6-13-20(18)26-4/h5-7,9,11-13,15,24H,8,10,14,16H2,1-4H3,(H,23,25). The maximum atomic E-state index is 11.6. The van der Waals surface area contributed by atoms with Gasteiger partial charge in [-0.25, -0.2) is 4.79 Å². The van der Waals surface area contributed by atoms with Crippen molar-refractivity contribution < 1.29 is 14.3 Å². The van der Waals surface area contributed by atoms with E-state index >= 15 is 0 Å². The molecule has 0 aliphatic carbocycles. The van der Waals surface area contributed by atoms with E-state index in [2.05, 4.69) is 34.9 Å². The van der Waals surface area contributed by atoms with E-state index in [1.165, 1.54) is 5.56 Å². The van der Waals surface area contributed by atoms with E-state index in [9.17, 15) is 4.79 Å². The van der Waals surface area contributed by atoms with Gasteiger partial charge >= 0.3 is 6.09 Å². The van der Waals surface area contributed by atoms with Crippen LogP contribution in [0.2, 0.25) is 0 Å². The summed E-state index contributed by atoms with van der Waals surface area (Å²) >= 11 is 0. The van der Waals surface area contributed by atoms with Gasteiger partial charge in [-0.15, -0.1) is 0 Å². The van der Waals surface area contributed by atoms with Gasteiger partial charge in [-0.05, 0) is 57.4 Å². The minimum absolute atomic E-state index is 0.366. The molecular formula is C22H30N2O3. The Kier molecular flexibility index (Phi) is 7.53. The lowest BCUT2D eigenvalue weighted by atomic mass is 10.1. The molecule has 2 rings (SSSR count). The Labute approximate surface area is 162 Å². The molecule has 0 radical (unpaired) electrons. The molecule has 0 fully saturated rings. The van der Waals surface area contributed by atoms with Crippen LogP contribution in [0, 0.1) is 0 Å². The number of aryl methyl sites for hydroxylation is 1. The summed E-state index contributed by atoms with van der Waals surface area (Å²) < 4.78 is 10.6. The fourth-order valence-electron chi connectivity index (χ4n) is 2.68. The molecule has 0 saturated heterocycles. The molecule has 2 aromatic rings. The van der Waals surface area contributed by atoms with Crippen LogP contribution in [0.4, 0.5) is 10.5 Å². The van der Waals surface area contributed by atoms with Crippen molar-refractivity contribution in [1.29, 1.82) is 0 Å². The number of nitrogens with one attached hydrogen (secondary N) is 2. The maximum absolute atomic E-state index is 11.6. The lowest BCUT2D eigenvalue weighted by molar-refractivity contribution is 0.0527. The molecule has 1 amide bonds. The zero-order valence-electron chi connectivity index (χ0n) is 16.7. The number of amides is 1. The first-order valence-corrected chi connectivity index (χ1v) is 9.29. The number of alkyl carbamates (subject to hydrolysis) is 1. The highest BCUT2D eigenvalue weighted by atomic mass is 16.6. The highest BCUT2D eigenvalue weighted by molar-refractivity contribution is 5.67. The van der Waals surface area contributed by atoms with E-state index in [1.54, 1.807) is 7.11 Å². The Morgan fingerprint density at radius 2 is 1.85 bits per heavy atom. The molecule has 2 N–H and O–H groups in total. The molecule has 0 heterocycles. The third-order valence-corrected chi connectivity index (χ3v) is 3.91. The normalized spacial score (nSPS) is 11.0. The SMILES string of the molecule is COc1ccccc1CNc1cccc(CCCNC(=O)OC(C)(C)C)c1. The van der Waals surface area contributed by atoms with Crippen LogP contribution in [-0.4, -0.2) is 25.3 Å². The van der Waals surface area contributed by atoms with Gasteiger partial charge in [0.15, 0.2) is 0 Å². The molecule has 0 aliphatic heterocycles. The average Bonchev–Trinajstić information content (AvgIpc) is 2.63. The maximum Gasteiger partial charge on any atom is 0.407 e. The number of carbonyl (C=O) groups is 1. The van der Waals surface area contributed by atoms with Gasteiger partial charge in [-0.1, -0.05) is 30.3 Å². The van der Waals surface area contributed by atoms with Crippen molar-refractivity contribution in [2.75, 3.05) is 19.0 Å². The number of hydrogen-bond donors (Lipinski definition) is 2. The van der Waals surface area contributed by atoms with Crippen LogP contribution >= 0.6 is 0 Å². The molecular weight excluding hydrogens is 340 g/mol. The molecule has 0 saturated carbocycles. The van der Waals surface area contributed by atoms with Crippen LogP contribution in [-0.2, 0) is 17.7 Å². The van der Waals surface area contributed by atoms with Crippen molar-refractivity contribution in [3.63, 3.8) is 0 Å². The van der Waals surface area contributed by atoms with Gasteiger partial charge in [-0.3, -0.25) is 0 Å². The summed E-state index contributed by atoms with van der Waals surface area (Å²) in [5.74, 6) is 0.884. The van der Waals surface area contributed by atoms with E-state index in [4.69, 9.17) is 9.47 Å². The molecule has 2 aromatic carbocycles. The number of hydrogen-bond acceptors (Lipinski definition) is 4. The second-order valence-electron chi connectivity index (χ2n) is 7.40. The van der Waals surface area contributed by atoms with Gasteiger partial charge in [0.2, 0.25) is 0 Å². The van der Waals surface area contributed by atoms with Crippen LogP contribution < -0.4 is 15.4 Å². The van der Waals surface area contributed by atoms with Crippen molar-refractivity contribution >= 4 is 11.8 Å². The topological polar surface area (TPSA) is 59.6 Å². The van der Waals surface area contributed by atoms with Crippen molar-refractivity contribution in [2.45, 2.75) is 45.8 Å². The largest absolute Gasteiger partial charge is 0.496 e. The second-order valence-corrected chi connectivity index (χ2v) is 7.40. The highest BCUT2D eigenvalue weighted by Crippen LogP contribution is 2.19. The smallest absolute Gasteiger partial charge is 0.407 e. The van der Waals surface area contributed by atoms with E-state index in [0.717, 1.165) is 29.8 Å². The number of carbonyl (C=O) groups excluding carboxylic acids is 1. The van der Waals surface area contributed by atoms with Gasteiger partial charge in [0.1, 0.15) is 11.4 Å². The summed E-state index contributed by atoms with van der Waals surface area (Å²) in [6.07, 6.45) is 1.38. The van der Waals surface area contributed by atoms with Crippen molar-refractivity contribution in [2.24, 2.45) is 0 Å². The fraction of sp³-hybridized carbons (Fsp3) is 0.409. The number of ether oxygens (including phenoxy) is 2. The van der Waals surface area contributed by atoms with Crippen LogP contribution in [0.1, 0.15) is 38.3 Å². The Hall–Kier alpha value is -2.69. The Morgan fingerprint density at radius 1 is 1.07 bits per heavy atom. The first-order valence-electron chi connectivity index (χ1n) is 9.29. The molecule has 0 atom stereocenters. The third-order valence-electron chi connectivity index (χ3n) is 3.91. The molecule has 0 spiro atoms. The van der Waals surface area contributed by atoms with Crippen LogP contribution in [0.5, 0.6) is 5.75 Å². The van der Waals surface area contributed by atoms with E-state index in [-0.39, 0.29) is 6.09 Å². The monoisotopic (exact) mass is 370 g/mol. The number of para-hydroxylation sites is 1. The molecule has 5 heteroatoms. The van der Waals surface area contributed by atoms with Crippen LogP contribution in [0.25, 0.3) is 0 Å². The van der Waals surface area contributed by atoms with E-state index in [1.807, 2.05) is 45.0 Å². The van der Waals surface area contributed by atoms with Gasteiger partial charge in [0.05, 0.1) is 7.11 Å². The first-order chi connectivity index (χ1) is 12.9. The van der Waals surface area contributed by atoms with E-state index < -0.39 is 5.60 Å². The molecule has 0 unspecified atom stereocenters.